The van der Waals surface area contributed by atoms with E-state index in [9.17, 15) is 0 Å². The molecule has 0 radical (unpaired) electrons. The van der Waals surface area contributed by atoms with E-state index < -0.39 is 0 Å². The van der Waals surface area contributed by atoms with Crippen molar-refractivity contribution in [3.8, 4) is 0 Å². The smallest absolute Gasteiger partial charge is 0.234 e. The molecule has 35 heavy (non-hydrogen) atoms. The van der Waals surface area contributed by atoms with Crippen LogP contribution in [0.4, 0.5) is 0 Å². The Morgan fingerprint density at radius 1 is 0.486 bits per heavy atom. The summed E-state index contributed by atoms with van der Waals surface area (Å²) in [5.74, 6) is 1.61. The van der Waals surface area contributed by atoms with Crippen LogP contribution in [0.3, 0.4) is 0 Å². The average molecular weight is 490 g/mol. The molecule has 1 aromatic rings. The maximum Gasteiger partial charge on any atom is 0.256 e. The van der Waals surface area contributed by atoms with E-state index in [1.165, 1.54) is 174 Å². The minimum absolute atomic E-state index is 1.23. The minimum Gasteiger partial charge on any atom is -0.234 e. The Bertz CT molecular complexity index is 547. The van der Waals surface area contributed by atoms with Crippen LogP contribution in [-0.4, -0.2) is 4.57 Å². The van der Waals surface area contributed by atoms with Gasteiger partial charge in [0.1, 0.15) is 12.4 Å². The molecule has 1 heterocycles. The molecular weight excluding hydrogens is 424 g/mol. The normalized spacial score (nSPS) is 11.5. The van der Waals surface area contributed by atoms with E-state index in [4.69, 9.17) is 0 Å². The van der Waals surface area contributed by atoms with Crippen LogP contribution in [0.2, 0.25) is 0 Å². The molecule has 0 fully saturated rings. The molecule has 0 saturated carbocycles. The van der Waals surface area contributed by atoms with Crippen molar-refractivity contribution in [3.63, 3.8) is 0 Å². The van der Waals surface area contributed by atoms with E-state index in [0.29, 0.717) is 0 Å². The van der Waals surface area contributed by atoms with Gasteiger partial charge in [-0.3, -0.25) is 0 Å². The number of aromatic nitrogens is 2. The van der Waals surface area contributed by atoms with Crippen LogP contribution in [0.1, 0.15) is 181 Å². The summed E-state index contributed by atoms with van der Waals surface area (Å²) in [7, 11) is 0. The van der Waals surface area contributed by atoms with Crippen LogP contribution in [-0.2, 0) is 19.5 Å². The molecule has 2 nitrogen and oxygen atoms in total. The van der Waals surface area contributed by atoms with Gasteiger partial charge in [0, 0.05) is 6.42 Å². The third-order valence-electron chi connectivity index (χ3n) is 7.85. The van der Waals surface area contributed by atoms with Crippen LogP contribution >= 0.6 is 0 Å². The zero-order valence-electron chi connectivity index (χ0n) is 24.6. The Morgan fingerprint density at radius 2 is 0.886 bits per heavy atom. The zero-order chi connectivity index (χ0) is 25.2. The molecule has 0 aliphatic rings. The Kier molecular flexibility index (Phi) is 22.9. The summed E-state index contributed by atoms with van der Waals surface area (Å²) in [6.07, 6.45) is 39.9. The summed E-state index contributed by atoms with van der Waals surface area (Å²) in [4.78, 5) is 0. The number of hydrogen-bond acceptors (Lipinski definition) is 0. The summed E-state index contributed by atoms with van der Waals surface area (Å²) >= 11 is 0. The van der Waals surface area contributed by atoms with E-state index in [2.05, 4.69) is 42.3 Å². The lowest BCUT2D eigenvalue weighted by atomic mass is 10.1. The SMILES string of the molecule is CCCCCCCCCCCCn1cc[n+](CCCCCCCC)c1CCCCCCCCCC. The first-order chi connectivity index (χ1) is 17.3. The monoisotopic (exact) mass is 490 g/mol. The predicted octanol–water partition coefficient (Wildman–Crippen LogP) is 10.7. The standard InChI is InChI=1S/C33H65N2/c1-4-7-10-13-16-18-19-21-24-27-30-35-32-31-34(29-26-23-15-12-9-6-3)33(35)28-25-22-20-17-14-11-8-5-2/h31-32H,4-30H2,1-3H3/q+1. The van der Waals surface area contributed by atoms with E-state index >= 15 is 0 Å². The number of unbranched alkanes of at least 4 members (excludes halogenated alkanes) is 21. The molecule has 0 atom stereocenters. The number of nitrogens with zero attached hydrogens (tertiary/aromatic N) is 2. The van der Waals surface area contributed by atoms with Gasteiger partial charge in [-0.1, -0.05) is 143 Å². The van der Waals surface area contributed by atoms with Crippen LogP contribution in [0.5, 0.6) is 0 Å². The highest BCUT2D eigenvalue weighted by Gasteiger charge is 2.16. The Labute approximate surface area is 221 Å². The van der Waals surface area contributed by atoms with E-state index in [1.54, 1.807) is 5.82 Å². The Morgan fingerprint density at radius 3 is 1.37 bits per heavy atom. The number of rotatable bonds is 27. The molecule has 0 amide bonds. The molecule has 0 aromatic carbocycles. The number of hydrogen-bond donors (Lipinski definition) is 0. The van der Waals surface area contributed by atoms with Gasteiger partial charge >= 0.3 is 0 Å². The first kappa shape index (κ1) is 32.2. The highest BCUT2D eigenvalue weighted by Crippen LogP contribution is 2.14. The molecule has 0 aliphatic heterocycles. The second-order valence-electron chi connectivity index (χ2n) is 11.3. The molecule has 0 unspecified atom stereocenters. The fourth-order valence-corrected chi connectivity index (χ4v) is 5.44. The zero-order valence-corrected chi connectivity index (χ0v) is 24.6. The van der Waals surface area contributed by atoms with Crippen molar-refractivity contribution < 1.29 is 4.57 Å². The van der Waals surface area contributed by atoms with Crippen molar-refractivity contribution in [2.45, 2.75) is 194 Å². The average Bonchev–Trinajstić information content (AvgIpc) is 3.25. The van der Waals surface area contributed by atoms with Gasteiger partial charge in [-0.15, -0.1) is 0 Å². The first-order valence-electron chi connectivity index (χ1n) is 16.4. The second kappa shape index (κ2) is 24.9. The highest BCUT2D eigenvalue weighted by atomic mass is 15.1. The van der Waals surface area contributed by atoms with Crippen LogP contribution in [0, 0.1) is 0 Å². The van der Waals surface area contributed by atoms with Crippen molar-refractivity contribution >= 4 is 0 Å². The number of imidazole rings is 1. The summed E-state index contributed by atoms with van der Waals surface area (Å²) in [6, 6.07) is 0. The summed E-state index contributed by atoms with van der Waals surface area (Å²) in [5, 5.41) is 0. The Balaban J connectivity index is 2.34. The fourth-order valence-electron chi connectivity index (χ4n) is 5.44. The molecule has 0 saturated heterocycles. The summed E-state index contributed by atoms with van der Waals surface area (Å²) in [5.41, 5.74) is 0. The van der Waals surface area contributed by atoms with Gasteiger partial charge in [-0.05, 0) is 32.1 Å². The van der Waals surface area contributed by atoms with Crippen LogP contribution < -0.4 is 4.57 Å². The van der Waals surface area contributed by atoms with Crippen molar-refractivity contribution in [2.75, 3.05) is 0 Å². The lowest BCUT2D eigenvalue weighted by Gasteiger charge is -2.07. The molecule has 2 heteroatoms. The maximum atomic E-state index is 2.61. The molecule has 0 aliphatic carbocycles. The van der Waals surface area contributed by atoms with E-state index in [0.717, 1.165) is 0 Å². The van der Waals surface area contributed by atoms with E-state index in [-0.39, 0.29) is 0 Å². The van der Waals surface area contributed by atoms with Crippen molar-refractivity contribution in [1.82, 2.24) is 4.57 Å². The van der Waals surface area contributed by atoms with Crippen LogP contribution in [0.15, 0.2) is 12.4 Å². The third kappa shape index (κ3) is 18.2. The first-order valence-corrected chi connectivity index (χ1v) is 16.4. The molecule has 1 rings (SSSR count). The van der Waals surface area contributed by atoms with Gasteiger partial charge in [0.2, 0.25) is 0 Å². The number of aryl methyl sites for hydroxylation is 2. The molecule has 206 valence electrons. The van der Waals surface area contributed by atoms with Crippen molar-refractivity contribution in [2.24, 2.45) is 0 Å². The predicted molar refractivity (Wildman–Crippen MR) is 156 cm³/mol. The highest BCUT2D eigenvalue weighted by molar-refractivity contribution is 4.84. The van der Waals surface area contributed by atoms with Crippen molar-refractivity contribution in [3.05, 3.63) is 18.2 Å². The molecular formula is C33H65N2+. The molecule has 0 spiro atoms. The van der Waals surface area contributed by atoms with Gasteiger partial charge in [0.05, 0.1) is 13.1 Å². The fraction of sp³-hybridized carbons (Fsp3) is 0.909. The minimum atomic E-state index is 1.23. The summed E-state index contributed by atoms with van der Waals surface area (Å²) < 4.78 is 5.22. The van der Waals surface area contributed by atoms with Crippen molar-refractivity contribution in [1.29, 1.82) is 0 Å². The third-order valence-corrected chi connectivity index (χ3v) is 7.85. The van der Waals surface area contributed by atoms with Gasteiger partial charge < -0.3 is 0 Å². The lowest BCUT2D eigenvalue weighted by Crippen LogP contribution is -2.37. The van der Waals surface area contributed by atoms with Gasteiger partial charge in [-0.25, -0.2) is 9.13 Å². The van der Waals surface area contributed by atoms with Gasteiger partial charge in [0.25, 0.3) is 5.82 Å². The van der Waals surface area contributed by atoms with E-state index in [1.807, 2.05) is 0 Å². The molecule has 0 bridgehead atoms. The quantitative estimate of drug-likeness (QED) is 0.0858. The molecule has 1 aromatic heterocycles. The maximum absolute atomic E-state index is 2.61. The summed E-state index contributed by atoms with van der Waals surface area (Å²) in [6.45, 7) is 9.38. The lowest BCUT2D eigenvalue weighted by molar-refractivity contribution is -0.704. The van der Waals surface area contributed by atoms with Gasteiger partial charge in [0.15, 0.2) is 0 Å². The van der Waals surface area contributed by atoms with Gasteiger partial charge in [-0.2, -0.15) is 0 Å². The Hall–Kier alpha value is -0.790. The largest absolute Gasteiger partial charge is 0.256 e. The topological polar surface area (TPSA) is 8.81 Å². The molecule has 0 N–H and O–H groups in total. The second-order valence-corrected chi connectivity index (χ2v) is 11.3. The van der Waals surface area contributed by atoms with Crippen LogP contribution in [0.25, 0.3) is 0 Å².